The number of fused-ring (bicyclic) bond motifs is 5. The molecule has 29 heavy (non-hydrogen) atoms. The normalized spacial score (nSPS) is 23.3. The zero-order valence-electron chi connectivity index (χ0n) is 16.7. The Balaban J connectivity index is 1.80. The van der Waals surface area contributed by atoms with Crippen LogP contribution in [-0.4, -0.2) is 36.3 Å². The third-order valence-electron chi connectivity index (χ3n) is 6.24. The molecule has 6 nitrogen and oxygen atoms in total. The van der Waals surface area contributed by atoms with Gasteiger partial charge in [0.2, 0.25) is 5.43 Å². The SMILES string of the molecule is CCOC(=O)c1cn(C2CC2)c2c3c(c(F)cc2c1=O)N1C[C@H](C)C[C@@H]1CCO3. The van der Waals surface area contributed by atoms with Gasteiger partial charge in [0.25, 0.3) is 0 Å². The molecule has 154 valence electrons. The highest BCUT2D eigenvalue weighted by molar-refractivity contribution is 5.98. The molecule has 5 rings (SSSR count). The Morgan fingerprint density at radius 2 is 2.10 bits per heavy atom. The number of halogens is 1. The van der Waals surface area contributed by atoms with E-state index in [1.807, 2.05) is 4.57 Å². The molecule has 0 bridgehead atoms. The van der Waals surface area contributed by atoms with E-state index in [2.05, 4.69) is 11.8 Å². The first-order valence-corrected chi connectivity index (χ1v) is 10.5. The van der Waals surface area contributed by atoms with Crippen LogP contribution in [0, 0.1) is 11.7 Å². The molecule has 2 fully saturated rings. The molecule has 1 aromatic heterocycles. The number of carbonyl (C=O) groups is 1. The van der Waals surface area contributed by atoms with Gasteiger partial charge in [0.1, 0.15) is 11.3 Å². The minimum Gasteiger partial charge on any atom is -0.489 e. The zero-order valence-corrected chi connectivity index (χ0v) is 16.7. The Hall–Kier alpha value is -2.57. The van der Waals surface area contributed by atoms with Crippen molar-refractivity contribution in [1.82, 2.24) is 4.57 Å². The quantitative estimate of drug-likeness (QED) is 0.736. The molecular formula is C22H25FN2O4. The summed E-state index contributed by atoms with van der Waals surface area (Å²) in [6.45, 7) is 5.31. The van der Waals surface area contributed by atoms with Gasteiger partial charge >= 0.3 is 5.97 Å². The smallest absolute Gasteiger partial charge is 0.343 e. The van der Waals surface area contributed by atoms with E-state index >= 15 is 4.39 Å². The van der Waals surface area contributed by atoms with E-state index in [0.29, 0.717) is 29.5 Å². The predicted molar refractivity (Wildman–Crippen MR) is 107 cm³/mol. The number of carbonyl (C=O) groups excluding carboxylic acids is 1. The van der Waals surface area contributed by atoms with Crippen LogP contribution in [0.4, 0.5) is 10.1 Å². The summed E-state index contributed by atoms with van der Waals surface area (Å²) in [5.74, 6) is -0.207. The van der Waals surface area contributed by atoms with Gasteiger partial charge in [-0.05, 0) is 38.2 Å². The standard InChI is InChI=1S/C22H25FN2O4/c1-3-28-22(27)16-11-25(13-4-5-13)18-15(20(16)26)9-17(23)19-21(18)29-7-6-14-8-12(2)10-24(14)19/h9,11-14H,3-8,10H2,1-2H3/t12-,14+/m1/s1. The van der Waals surface area contributed by atoms with Crippen molar-refractivity contribution in [2.45, 2.75) is 51.6 Å². The molecule has 1 saturated heterocycles. The van der Waals surface area contributed by atoms with E-state index in [4.69, 9.17) is 9.47 Å². The third-order valence-corrected chi connectivity index (χ3v) is 6.24. The fourth-order valence-electron chi connectivity index (χ4n) is 4.84. The van der Waals surface area contributed by atoms with E-state index in [-0.39, 0.29) is 29.6 Å². The maximum Gasteiger partial charge on any atom is 0.343 e. The summed E-state index contributed by atoms with van der Waals surface area (Å²) in [5, 5.41) is 0.185. The lowest BCUT2D eigenvalue weighted by Crippen LogP contribution is -2.29. The largest absolute Gasteiger partial charge is 0.489 e. The van der Waals surface area contributed by atoms with Gasteiger partial charge in [-0.25, -0.2) is 9.18 Å². The van der Waals surface area contributed by atoms with Crippen LogP contribution in [0.15, 0.2) is 17.1 Å². The average Bonchev–Trinajstić information content (AvgIpc) is 3.47. The molecular weight excluding hydrogens is 375 g/mol. The summed E-state index contributed by atoms with van der Waals surface area (Å²) in [4.78, 5) is 27.6. The number of ether oxygens (including phenoxy) is 2. The molecule has 2 aliphatic heterocycles. The Bertz CT molecular complexity index is 1060. The molecule has 7 heteroatoms. The van der Waals surface area contributed by atoms with Gasteiger partial charge in [-0.3, -0.25) is 4.79 Å². The van der Waals surface area contributed by atoms with Gasteiger partial charge in [-0.15, -0.1) is 0 Å². The van der Waals surface area contributed by atoms with E-state index in [1.165, 1.54) is 6.07 Å². The first kappa shape index (κ1) is 18.5. The number of esters is 1. The number of hydrogen-bond donors (Lipinski definition) is 0. The number of nitrogens with zero attached hydrogens (tertiary/aromatic N) is 2. The second-order valence-corrected chi connectivity index (χ2v) is 8.45. The first-order chi connectivity index (χ1) is 14.0. The number of anilines is 1. The second-order valence-electron chi connectivity index (χ2n) is 8.45. The van der Waals surface area contributed by atoms with Crippen LogP contribution in [0.3, 0.4) is 0 Å². The molecule has 2 aromatic rings. The molecule has 0 radical (unpaired) electrons. The molecule has 0 spiro atoms. The summed E-state index contributed by atoms with van der Waals surface area (Å²) in [6.07, 6.45) is 5.33. The molecule has 1 aliphatic carbocycles. The molecule has 1 saturated carbocycles. The molecule has 0 amide bonds. The van der Waals surface area contributed by atoms with Crippen LogP contribution in [-0.2, 0) is 4.74 Å². The van der Waals surface area contributed by atoms with Crippen molar-refractivity contribution in [3.8, 4) is 5.75 Å². The number of benzene rings is 1. The highest BCUT2D eigenvalue weighted by Gasteiger charge is 2.38. The van der Waals surface area contributed by atoms with Crippen LogP contribution in [0.1, 0.15) is 55.9 Å². The third kappa shape index (κ3) is 2.90. The summed E-state index contributed by atoms with van der Waals surface area (Å²) >= 11 is 0. The lowest BCUT2D eigenvalue weighted by Gasteiger charge is -2.26. The predicted octanol–water partition coefficient (Wildman–Crippen LogP) is 3.65. The van der Waals surface area contributed by atoms with Gasteiger partial charge in [0.05, 0.1) is 24.1 Å². The number of pyridine rings is 1. The molecule has 0 N–H and O–H groups in total. The number of hydrogen-bond acceptors (Lipinski definition) is 5. The van der Waals surface area contributed by atoms with Crippen LogP contribution >= 0.6 is 0 Å². The molecule has 3 heterocycles. The van der Waals surface area contributed by atoms with Crippen molar-refractivity contribution < 1.29 is 18.7 Å². The number of rotatable bonds is 3. The van der Waals surface area contributed by atoms with Crippen LogP contribution in [0.25, 0.3) is 10.9 Å². The van der Waals surface area contributed by atoms with Gasteiger partial charge < -0.3 is 18.9 Å². The lowest BCUT2D eigenvalue weighted by molar-refractivity contribution is 0.0524. The number of aromatic nitrogens is 1. The maximum atomic E-state index is 15.4. The molecule has 0 unspecified atom stereocenters. The van der Waals surface area contributed by atoms with E-state index in [9.17, 15) is 9.59 Å². The topological polar surface area (TPSA) is 60.8 Å². The van der Waals surface area contributed by atoms with Gasteiger partial charge in [-0.2, -0.15) is 0 Å². The Morgan fingerprint density at radius 3 is 2.83 bits per heavy atom. The van der Waals surface area contributed by atoms with E-state index in [1.54, 1.807) is 13.1 Å². The highest BCUT2D eigenvalue weighted by atomic mass is 19.1. The highest BCUT2D eigenvalue weighted by Crippen LogP contribution is 2.47. The van der Waals surface area contributed by atoms with Crippen LogP contribution in [0.2, 0.25) is 0 Å². The van der Waals surface area contributed by atoms with Crippen molar-refractivity contribution in [3.05, 3.63) is 33.9 Å². The molecule has 2 atom stereocenters. The second kappa shape index (κ2) is 6.75. The van der Waals surface area contributed by atoms with Gasteiger partial charge in [-0.1, -0.05) is 6.92 Å². The fourth-order valence-corrected chi connectivity index (χ4v) is 4.84. The summed E-state index contributed by atoms with van der Waals surface area (Å²) in [6, 6.07) is 1.71. The molecule has 3 aliphatic rings. The fraction of sp³-hybridized carbons (Fsp3) is 0.545. The summed E-state index contributed by atoms with van der Waals surface area (Å²) in [5.41, 5.74) is 0.507. The average molecular weight is 400 g/mol. The Labute approximate surface area is 168 Å². The lowest BCUT2D eigenvalue weighted by atomic mass is 10.1. The van der Waals surface area contributed by atoms with Gasteiger partial charge in [0.15, 0.2) is 11.6 Å². The van der Waals surface area contributed by atoms with Crippen LogP contribution < -0.4 is 15.1 Å². The molecule has 1 aromatic carbocycles. The first-order valence-electron chi connectivity index (χ1n) is 10.5. The Morgan fingerprint density at radius 1 is 1.31 bits per heavy atom. The summed E-state index contributed by atoms with van der Waals surface area (Å²) < 4.78 is 28.4. The van der Waals surface area contributed by atoms with Crippen molar-refractivity contribution in [2.75, 3.05) is 24.7 Å². The zero-order chi connectivity index (χ0) is 20.3. The van der Waals surface area contributed by atoms with Crippen molar-refractivity contribution >= 4 is 22.6 Å². The Kier molecular flexibility index (Phi) is 4.29. The van der Waals surface area contributed by atoms with Crippen molar-refractivity contribution in [1.29, 1.82) is 0 Å². The summed E-state index contributed by atoms with van der Waals surface area (Å²) in [7, 11) is 0. The monoisotopic (exact) mass is 400 g/mol. The van der Waals surface area contributed by atoms with E-state index < -0.39 is 17.2 Å². The minimum atomic E-state index is -0.668. The van der Waals surface area contributed by atoms with Gasteiger partial charge in [0, 0.05) is 31.2 Å². The van der Waals surface area contributed by atoms with E-state index in [0.717, 1.165) is 32.2 Å². The van der Waals surface area contributed by atoms with Crippen molar-refractivity contribution in [2.24, 2.45) is 5.92 Å². The van der Waals surface area contributed by atoms with Crippen LogP contribution in [0.5, 0.6) is 5.75 Å². The minimum absolute atomic E-state index is 0.0492. The maximum absolute atomic E-state index is 15.4. The van der Waals surface area contributed by atoms with Crippen molar-refractivity contribution in [3.63, 3.8) is 0 Å².